The van der Waals surface area contributed by atoms with Gasteiger partial charge in [-0.05, 0) is 48.2 Å². The van der Waals surface area contributed by atoms with E-state index in [0.29, 0.717) is 6.54 Å². The highest BCUT2D eigenvalue weighted by atomic mass is 35.5. The molecule has 0 aliphatic carbocycles. The van der Waals surface area contributed by atoms with Gasteiger partial charge in [0.2, 0.25) is 5.91 Å². The van der Waals surface area contributed by atoms with E-state index < -0.39 is 0 Å². The minimum Gasteiger partial charge on any atom is -0.337 e. The molecular formula is C21H20ClN3O. The van der Waals surface area contributed by atoms with Gasteiger partial charge in [-0.2, -0.15) is 5.10 Å². The lowest BCUT2D eigenvalue weighted by molar-refractivity contribution is -0.127. The highest BCUT2D eigenvalue weighted by Gasteiger charge is 2.24. The van der Waals surface area contributed by atoms with Crippen LogP contribution in [0.1, 0.15) is 18.9 Å². The van der Waals surface area contributed by atoms with Gasteiger partial charge in [0, 0.05) is 29.7 Å². The molecule has 0 N–H and O–H groups in total. The van der Waals surface area contributed by atoms with Gasteiger partial charge in [0.25, 0.3) is 0 Å². The molecule has 2 aromatic carbocycles. The van der Waals surface area contributed by atoms with E-state index in [4.69, 9.17) is 16.7 Å². The van der Waals surface area contributed by atoms with Crippen molar-refractivity contribution in [2.24, 2.45) is 0 Å². The zero-order valence-corrected chi connectivity index (χ0v) is 15.2. The minimum atomic E-state index is -0.00330. The van der Waals surface area contributed by atoms with Crippen LogP contribution < -0.4 is 0 Å². The summed E-state index contributed by atoms with van der Waals surface area (Å²) in [5, 5.41) is 6.62. The van der Waals surface area contributed by atoms with Crippen LogP contribution in [-0.4, -0.2) is 33.7 Å². The summed E-state index contributed by atoms with van der Waals surface area (Å²) in [6, 6.07) is 14.3. The lowest BCUT2D eigenvalue weighted by Crippen LogP contribution is -2.39. The number of carbonyl (C=O) groups is 1. The number of fused-ring (bicyclic) bond motifs is 1. The van der Waals surface area contributed by atoms with E-state index in [1.165, 1.54) is 6.08 Å². The van der Waals surface area contributed by atoms with Crippen molar-refractivity contribution in [2.75, 3.05) is 13.1 Å². The summed E-state index contributed by atoms with van der Waals surface area (Å²) in [7, 11) is 0. The Labute approximate surface area is 157 Å². The molecule has 132 valence electrons. The van der Waals surface area contributed by atoms with Gasteiger partial charge in [0.15, 0.2) is 0 Å². The van der Waals surface area contributed by atoms with Gasteiger partial charge in [0.1, 0.15) is 0 Å². The van der Waals surface area contributed by atoms with E-state index >= 15 is 0 Å². The second-order valence-corrected chi connectivity index (χ2v) is 7.11. The summed E-state index contributed by atoms with van der Waals surface area (Å²) < 4.78 is 2.01. The highest BCUT2D eigenvalue weighted by Crippen LogP contribution is 2.27. The van der Waals surface area contributed by atoms with E-state index in [1.54, 1.807) is 0 Å². The summed E-state index contributed by atoms with van der Waals surface area (Å²) in [6.07, 6.45) is 5.48. The average Bonchev–Trinajstić information content (AvgIpc) is 3.11. The lowest BCUT2D eigenvalue weighted by Gasteiger charge is -2.32. The molecule has 0 spiro atoms. The molecule has 1 fully saturated rings. The third kappa shape index (κ3) is 3.25. The number of rotatable bonds is 3. The topological polar surface area (TPSA) is 38.1 Å². The van der Waals surface area contributed by atoms with Crippen LogP contribution in [0, 0.1) is 0 Å². The molecule has 5 heteroatoms. The number of hydrogen-bond donors (Lipinski definition) is 0. The summed E-state index contributed by atoms with van der Waals surface area (Å²) in [6.45, 7) is 5.07. The maximum absolute atomic E-state index is 11.9. The standard InChI is InChI=1S/C21H20ClN3O/c1-2-21(26)24-11-3-4-19(14-24)25-13-17-6-5-16(12-20(17)23-25)15-7-9-18(22)10-8-15/h2,5-10,12-13,19H,1,3-4,11,14H2. The monoisotopic (exact) mass is 365 g/mol. The summed E-state index contributed by atoms with van der Waals surface area (Å²) >= 11 is 5.98. The Kier molecular flexibility index (Phi) is 4.51. The molecule has 0 saturated carbocycles. The molecule has 0 bridgehead atoms. The Morgan fingerprint density at radius 2 is 1.96 bits per heavy atom. The fourth-order valence-electron chi connectivity index (χ4n) is 3.54. The Morgan fingerprint density at radius 1 is 1.19 bits per heavy atom. The predicted molar refractivity (Wildman–Crippen MR) is 105 cm³/mol. The highest BCUT2D eigenvalue weighted by molar-refractivity contribution is 6.30. The first-order valence-corrected chi connectivity index (χ1v) is 9.18. The molecule has 0 radical (unpaired) electrons. The maximum atomic E-state index is 11.9. The van der Waals surface area contributed by atoms with Crippen LogP contribution in [-0.2, 0) is 4.79 Å². The molecule has 1 aliphatic heterocycles. The van der Waals surface area contributed by atoms with Crippen molar-refractivity contribution in [1.29, 1.82) is 0 Å². The molecule has 26 heavy (non-hydrogen) atoms. The molecule has 1 amide bonds. The zero-order chi connectivity index (χ0) is 18.1. The third-order valence-corrected chi connectivity index (χ3v) is 5.21. The van der Waals surface area contributed by atoms with Crippen LogP contribution in [0.2, 0.25) is 5.02 Å². The molecule has 1 atom stereocenters. The third-order valence-electron chi connectivity index (χ3n) is 4.96. The fourth-order valence-corrected chi connectivity index (χ4v) is 3.67. The van der Waals surface area contributed by atoms with Gasteiger partial charge in [-0.3, -0.25) is 9.48 Å². The average molecular weight is 366 g/mol. The molecule has 1 saturated heterocycles. The van der Waals surface area contributed by atoms with Crippen molar-refractivity contribution in [3.05, 3.63) is 66.3 Å². The Balaban J connectivity index is 1.62. The predicted octanol–water partition coefficient (Wildman–Crippen LogP) is 4.71. The summed E-state index contributed by atoms with van der Waals surface area (Å²) in [5.74, 6) is -0.00330. The van der Waals surface area contributed by atoms with Crippen molar-refractivity contribution in [2.45, 2.75) is 18.9 Å². The Morgan fingerprint density at radius 3 is 2.73 bits per heavy atom. The second-order valence-electron chi connectivity index (χ2n) is 6.67. The first-order chi connectivity index (χ1) is 12.6. The number of hydrogen-bond acceptors (Lipinski definition) is 2. The number of carbonyl (C=O) groups excluding carboxylic acids is 1. The second kappa shape index (κ2) is 6.96. The van der Waals surface area contributed by atoms with Crippen LogP contribution >= 0.6 is 11.6 Å². The van der Waals surface area contributed by atoms with Gasteiger partial charge < -0.3 is 4.90 Å². The largest absolute Gasteiger partial charge is 0.337 e. The van der Waals surface area contributed by atoms with Crippen LogP contribution in [0.4, 0.5) is 0 Å². The van der Waals surface area contributed by atoms with Crippen LogP contribution in [0.25, 0.3) is 22.0 Å². The minimum absolute atomic E-state index is 0.00330. The van der Waals surface area contributed by atoms with Crippen molar-refractivity contribution in [3.63, 3.8) is 0 Å². The van der Waals surface area contributed by atoms with Gasteiger partial charge in [0.05, 0.1) is 11.6 Å². The number of nitrogens with zero attached hydrogens (tertiary/aromatic N) is 3. The molecule has 1 aromatic heterocycles. The van der Waals surface area contributed by atoms with Gasteiger partial charge in [-0.1, -0.05) is 42.4 Å². The van der Waals surface area contributed by atoms with Crippen molar-refractivity contribution in [1.82, 2.24) is 14.7 Å². The van der Waals surface area contributed by atoms with E-state index in [2.05, 4.69) is 31.0 Å². The van der Waals surface area contributed by atoms with Crippen LogP contribution in [0.3, 0.4) is 0 Å². The van der Waals surface area contributed by atoms with E-state index in [-0.39, 0.29) is 11.9 Å². The Hall–Kier alpha value is -2.59. The summed E-state index contributed by atoms with van der Waals surface area (Å²) in [5.41, 5.74) is 3.20. The quantitative estimate of drug-likeness (QED) is 0.630. The van der Waals surface area contributed by atoms with Crippen LogP contribution in [0.5, 0.6) is 0 Å². The number of likely N-dealkylation sites (tertiary alicyclic amines) is 1. The molecule has 1 aliphatic rings. The smallest absolute Gasteiger partial charge is 0.246 e. The molecule has 2 heterocycles. The van der Waals surface area contributed by atoms with Gasteiger partial charge >= 0.3 is 0 Å². The fraction of sp³-hybridized carbons (Fsp3) is 0.238. The van der Waals surface area contributed by atoms with Crippen molar-refractivity contribution in [3.8, 4) is 11.1 Å². The lowest BCUT2D eigenvalue weighted by atomic mass is 10.0. The van der Waals surface area contributed by atoms with E-state index in [1.807, 2.05) is 33.8 Å². The van der Waals surface area contributed by atoms with E-state index in [0.717, 1.165) is 46.4 Å². The first-order valence-electron chi connectivity index (χ1n) is 8.80. The summed E-state index contributed by atoms with van der Waals surface area (Å²) in [4.78, 5) is 13.8. The molecule has 3 aromatic rings. The molecule has 1 unspecified atom stereocenters. The molecule has 4 rings (SSSR count). The number of piperidine rings is 1. The number of aromatic nitrogens is 2. The van der Waals surface area contributed by atoms with Crippen LogP contribution in [0.15, 0.2) is 61.3 Å². The van der Waals surface area contributed by atoms with Crippen molar-refractivity contribution < 1.29 is 4.79 Å². The zero-order valence-electron chi connectivity index (χ0n) is 14.4. The number of benzene rings is 2. The van der Waals surface area contributed by atoms with Gasteiger partial charge in [-0.15, -0.1) is 0 Å². The van der Waals surface area contributed by atoms with Gasteiger partial charge in [-0.25, -0.2) is 0 Å². The number of amides is 1. The molecular weight excluding hydrogens is 346 g/mol. The first kappa shape index (κ1) is 16.9. The normalized spacial score (nSPS) is 17.4. The maximum Gasteiger partial charge on any atom is 0.246 e. The van der Waals surface area contributed by atoms with E-state index in [9.17, 15) is 4.79 Å². The SMILES string of the molecule is C=CC(=O)N1CCCC(n2cc3ccc(-c4ccc(Cl)cc4)cc3n2)C1. The molecule has 4 nitrogen and oxygen atoms in total. The Bertz CT molecular complexity index is 961. The number of halogens is 1. The van der Waals surface area contributed by atoms with Crippen molar-refractivity contribution >= 4 is 28.4 Å².